The maximum absolute atomic E-state index is 12.2. The number of nitrogens with zero attached hydrogens (tertiary/aromatic N) is 2. The molecule has 21 heavy (non-hydrogen) atoms. The minimum Gasteiger partial charge on any atom is -0.346 e. The van der Waals surface area contributed by atoms with Gasteiger partial charge in [0.2, 0.25) is 5.89 Å². The number of carbonyl (C=O) groups excluding carboxylic acids is 1. The van der Waals surface area contributed by atoms with E-state index in [1.165, 1.54) is 32.1 Å². The molecule has 1 aliphatic heterocycles. The lowest BCUT2D eigenvalue weighted by Gasteiger charge is -2.20. The molecule has 3 rings (SSSR count). The van der Waals surface area contributed by atoms with Crippen LogP contribution in [0.1, 0.15) is 80.3 Å². The molecule has 0 radical (unpaired) electrons. The summed E-state index contributed by atoms with van der Waals surface area (Å²) in [6.45, 7) is 0.969. The first kappa shape index (κ1) is 14.5. The van der Waals surface area contributed by atoms with E-state index < -0.39 is 0 Å². The van der Waals surface area contributed by atoms with E-state index in [0.717, 1.165) is 32.2 Å². The summed E-state index contributed by atoms with van der Waals surface area (Å²) < 4.78 is 5.22. The molecule has 2 fully saturated rings. The van der Waals surface area contributed by atoms with E-state index in [1.807, 2.05) is 0 Å². The largest absolute Gasteiger partial charge is 0.346 e. The smallest absolute Gasteiger partial charge is 0.292 e. The normalized spacial score (nSPS) is 24.5. The van der Waals surface area contributed by atoms with Gasteiger partial charge in [0.25, 0.3) is 11.7 Å². The molecule has 1 aliphatic carbocycles. The number of rotatable bonds is 3. The Kier molecular flexibility index (Phi) is 4.85. The van der Waals surface area contributed by atoms with Crippen molar-refractivity contribution < 1.29 is 9.32 Å². The Morgan fingerprint density at radius 2 is 1.86 bits per heavy atom. The lowest BCUT2D eigenvalue weighted by atomic mass is 9.97. The van der Waals surface area contributed by atoms with Gasteiger partial charge in [0.15, 0.2) is 0 Å². The molecular weight excluding hydrogens is 268 g/mol. The Labute approximate surface area is 125 Å². The second kappa shape index (κ2) is 7.02. The van der Waals surface area contributed by atoms with Crippen molar-refractivity contribution in [3.8, 4) is 0 Å². The van der Waals surface area contributed by atoms with E-state index in [0.29, 0.717) is 5.89 Å². The van der Waals surface area contributed by atoms with Gasteiger partial charge in [-0.05, 0) is 32.2 Å². The van der Waals surface area contributed by atoms with Gasteiger partial charge in [-0.1, -0.05) is 37.3 Å². The van der Waals surface area contributed by atoms with Crippen LogP contribution >= 0.6 is 0 Å². The van der Waals surface area contributed by atoms with Crippen LogP contribution < -0.4 is 10.6 Å². The number of amides is 1. The summed E-state index contributed by atoms with van der Waals surface area (Å²) >= 11 is 0. The molecule has 1 aromatic heterocycles. The Bertz CT molecular complexity index is 460. The Morgan fingerprint density at radius 1 is 1.10 bits per heavy atom. The van der Waals surface area contributed by atoms with Crippen LogP contribution in [0.15, 0.2) is 4.52 Å². The molecule has 1 atom stereocenters. The average Bonchev–Trinajstić information content (AvgIpc) is 3.10. The first-order valence-electron chi connectivity index (χ1n) is 8.21. The van der Waals surface area contributed by atoms with E-state index in [4.69, 9.17) is 4.52 Å². The maximum Gasteiger partial charge on any atom is 0.292 e. The summed E-state index contributed by atoms with van der Waals surface area (Å²) in [7, 11) is 0. The van der Waals surface area contributed by atoms with Gasteiger partial charge < -0.3 is 15.2 Å². The van der Waals surface area contributed by atoms with Crippen LogP contribution in [0.25, 0.3) is 0 Å². The molecule has 0 spiro atoms. The quantitative estimate of drug-likeness (QED) is 0.893. The van der Waals surface area contributed by atoms with Crippen LogP contribution in [0.4, 0.5) is 0 Å². The Hall–Kier alpha value is -1.43. The number of hydrogen-bond acceptors (Lipinski definition) is 5. The fourth-order valence-electron chi connectivity index (χ4n) is 3.21. The molecule has 1 aromatic rings. The average molecular weight is 292 g/mol. The predicted molar refractivity (Wildman–Crippen MR) is 77.8 cm³/mol. The maximum atomic E-state index is 12.2. The van der Waals surface area contributed by atoms with Crippen LogP contribution in [0.5, 0.6) is 0 Å². The van der Waals surface area contributed by atoms with Crippen molar-refractivity contribution in [2.24, 2.45) is 0 Å². The van der Waals surface area contributed by atoms with E-state index in [-0.39, 0.29) is 23.8 Å². The van der Waals surface area contributed by atoms with E-state index in [1.54, 1.807) is 0 Å². The van der Waals surface area contributed by atoms with Crippen LogP contribution in [-0.4, -0.2) is 28.6 Å². The number of carbonyl (C=O) groups is 1. The second-order valence-corrected chi connectivity index (χ2v) is 6.12. The third kappa shape index (κ3) is 3.81. The fourth-order valence-corrected chi connectivity index (χ4v) is 3.21. The third-order valence-electron chi connectivity index (χ3n) is 4.44. The van der Waals surface area contributed by atoms with Gasteiger partial charge in [-0.2, -0.15) is 4.98 Å². The summed E-state index contributed by atoms with van der Waals surface area (Å²) in [5, 5.41) is 10.2. The molecule has 0 bridgehead atoms. The highest BCUT2D eigenvalue weighted by atomic mass is 16.5. The van der Waals surface area contributed by atoms with Gasteiger partial charge in [0.1, 0.15) is 0 Å². The van der Waals surface area contributed by atoms with Gasteiger partial charge in [0.05, 0.1) is 6.04 Å². The third-order valence-corrected chi connectivity index (χ3v) is 4.44. The summed E-state index contributed by atoms with van der Waals surface area (Å²) in [5.41, 5.74) is 0. The van der Waals surface area contributed by atoms with Gasteiger partial charge in [-0.15, -0.1) is 0 Å². The minimum atomic E-state index is -0.200. The van der Waals surface area contributed by atoms with Crippen molar-refractivity contribution in [1.82, 2.24) is 20.8 Å². The summed E-state index contributed by atoms with van der Waals surface area (Å²) in [5.74, 6) is 0.504. The molecule has 1 saturated heterocycles. The van der Waals surface area contributed by atoms with Crippen molar-refractivity contribution in [2.75, 3.05) is 6.54 Å². The van der Waals surface area contributed by atoms with Crippen molar-refractivity contribution in [2.45, 2.75) is 69.9 Å². The van der Waals surface area contributed by atoms with Crippen molar-refractivity contribution >= 4 is 5.91 Å². The number of nitrogens with one attached hydrogen (secondary N) is 2. The standard InChI is InChI=1S/C15H24N4O2/c20-14(17-11-7-4-2-1-3-5-8-11)13-18-15(21-19-13)12-9-6-10-16-12/h11-12,16H,1-10H2,(H,17,20). The first-order chi connectivity index (χ1) is 10.3. The summed E-state index contributed by atoms with van der Waals surface area (Å²) in [6, 6.07) is 0.366. The van der Waals surface area contributed by atoms with Gasteiger partial charge in [-0.25, -0.2) is 0 Å². The molecule has 2 heterocycles. The zero-order valence-electron chi connectivity index (χ0n) is 12.4. The van der Waals surface area contributed by atoms with Crippen molar-refractivity contribution in [3.63, 3.8) is 0 Å². The molecule has 1 amide bonds. The second-order valence-electron chi connectivity index (χ2n) is 6.12. The zero-order valence-corrected chi connectivity index (χ0v) is 12.4. The van der Waals surface area contributed by atoms with E-state index >= 15 is 0 Å². The molecule has 2 N–H and O–H groups in total. The van der Waals surface area contributed by atoms with Crippen LogP contribution in [-0.2, 0) is 0 Å². The highest BCUT2D eigenvalue weighted by molar-refractivity contribution is 5.90. The highest BCUT2D eigenvalue weighted by Gasteiger charge is 2.25. The molecule has 1 saturated carbocycles. The molecule has 2 aliphatic rings. The SMILES string of the molecule is O=C(NC1CCCCCCC1)c1noc(C2CCCN2)n1. The minimum absolute atomic E-state index is 0.112. The van der Waals surface area contributed by atoms with E-state index in [9.17, 15) is 4.79 Å². The fraction of sp³-hybridized carbons (Fsp3) is 0.800. The van der Waals surface area contributed by atoms with Crippen LogP contribution in [0.2, 0.25) is 0 Å². The Morgan fingerprint density at radius 3 is 2.57 bits per heavy atom. The lowest BCUT2D eigenvalue weighted by molar-refractivity contribution is 0.0917. The highest BCUT2D eigenvalue weighted by Crippen LogP contribution is 2.21. The van der Waals surface area contributed by atoms with E-state index in [2.05, 4.69) is 20.8 Å². The van der Waals surface area contributed by atoms with Gasteiger partial charge in [0, 0.05) is 6.04 Å². The monoisotopic (exact) mass is 292 g/mol. The summed E-state index contributed by atoms with van der Waals surface area (Å²) in [4.78, 5) is 16.5. The zero-order chi connectivity index (χ0) is 14.5. The van der Waals surface area contributed by atoms with Crippen molar-refractivity contribution in [1.29, 1.82) is 0 Å². The van der Waals surface area contributed by atoms with Crippen LogP contribution in [0.3, 0.4) is 0 Å². The van der Waals surface area contributed by atoms with Gasteiger partial charge in [-0.3, -0.25) is 4.79 Å². The topological polar surface area (TPSA) is 80.0 Å². The molecular formula is C15H24N4O2. The predicted octanol–water partition coefficient (Wildman–Crippen LogP) is 2.34. The van der Waals surface area contributed by atoms with Gasteiger partial charge >= 0.3 is 0 Å². The molecule has 0 aromatic carbocycles. The Balaban J connectivity index is 1.56. The number of aromatic nitrogens is 2. The molecule has 116 valence electrons. The van der Waals surface area contributed by atoms with Crippen molar-refractivity contribution in [3.05, 3.63) is 11.7 Å². The molecule has 6 heteroatoms. The first-order valence-corrected chi connectivity index (χ1v) is 8.21. The summed E-state index contributed by atoms with van der Waals surface area (Å²) in [6.07, 6.45) is 10.5. The molecule has 6 nitrogen and oxygen atoms in total. The lowest BCUT2D eigenvalue weighted by Crippen LogP contribution is -2.35. The molecule has 1 unspecified atom stereocenters. The van der Waals surface area contributed by atoms with Crippen LogP contribution in [0, 0.1) is 0 Å². The number of hydrogen-bond donors (Lipinski definition) is 2.